The number of benzene rings is 1. The molecule has 8 heteroatoms. The van der Waals surface area contributed by atoms with E-state index in [1.54, 1.807) is 23.8 Å². The molecule has 7 nitrogen and oxygen atoms in total. The van der Waals surface area contributed by atoms with Gasteiger partial charge in [-0.2, -0.15) is 14.6 Å². The Kier molecular flexibility index (Phi) is 3.43. The minimum absolute atomic E-state index is 0.318. The lowest BCUT2D eigenvalue weighted by atomic mass is 9.86. The maximum atomic E-state index is 13.1. The van der Waals surface area contributed by atoms with Gasteiger partial charge in [0.25, 0.3) is 5.78 Å². The fourth-order valence-electron chi connectivity index (χ4n) is 2.98. The zero-order valence-electron chi connectivity index (χ0n) is 13.1. The van der Waals surface area contributed by atoms with Crippen LogP contribution < -0.4 is 4.90 Å². The highest BCUT2D eigenvalue weighted by molar-refractivity contribution is 5.52. The summed E-state index contributed by atoms with van der Waals surface area (Å²) in [5, 5.41) is 14.9. The highest BCUT2D eigenvalue weighted by Crippen LogP contribution is 2.35. The molecule has 1 saturated heterocycles. The largest absolute Gasteiger partial charge is 0.381 e. The van der Waals surface area contributed by atoms with E-state index in [1.165, 1.54) is 18.5 Å². The van der Waals surface area contributed by atoms with E-state index in [0.29, 0.717) is 31.0 Å². The third-order valence-corrected chi connectivity index (χ3v) is 4.19. The molecule has 0 unspecified atom stereocenters. The van der Waals surface area contributed by atoms with Crippen molar-refractivity contribution in [1.29, 1.82) is 0 Å². The van der Waals surface area contributed by atoms with Gasteiger partial charge in [-0.25, -0.2) is 9.37 Å². The van der Waals surface area contributed by atoms with Crippen LogP contribution in [-0.2, 0) is 16.9 Å². The van der Waals surface area contributed by atoms with Gasteiger partial charge in [0.1, 0.15) is 23.6 Å². The Morgan fingerprint density at radius 1 is 1.29 bits per heavy atom. The molecule has 1 fully saturated rings. The minimum Gasteiger partial charge on any atom is -0.381 e. The second-order valence-corrected chi connectivity index (χ2v) is 5.91. The lowest BCUT2D eigenvalue weighted by Crippen LogP contribution is -2.60. The van der Waals surface area contributed by atoms with Gasteiger partial charge in [0.2, 0.25) is 0 Å². The van der Waals surface area contributed by atoms with Crippen LogP contribution in [0.4, 0.5) is 10.2 Å². The van der Waals surface area contributed by atoms with Crippen molar-refractivity contribution in [2.45, 2.75) is 12.2 Å². The fourth-order valence-corrected chi connectivity index (χ4v) is 2.98. The number of aromatic nitrogens is 4. The van der Waals surface area contributed by atoms with Gasteiger partial charge >= 0.3 is 0 Å². The number of rotatable bonds is 4. The van der Waals surface area contributed by atoms with Crippen LogP contribution in [0.15, 0.2) is 36.7 Å². The van der Waals surface area contributed by atoms with Gasteiger partial charge in [-0.15, -0.1) is 0 Å². The lowest BCUT2D eigenvalue weighted by Gasteiger charge is -2.47. The Morgan fingerprint density at radius 2 is 2.04 bits per heavy atom. The average Bonchev–Trinajstić information content (AvgIpc) is 3.00. The van der Waals surface area contributed by atoms with Crippen molar-refractivity contribution >= 4 is 11.6 Å². The molecule has 0 spiro atoms. The van der Waals surface area contributed by atoms with Crippen LogP contribution in [0.3, 0.4) is 0 Å². The van der Waals surface area contributed by atoms with E-state index in [0.717, 1.165) is 11.5 Å². The first-order valence-electron chi connectivity index (χ1n) is 7.51. The van der Waals surface area contributed by atoms with E-state index < -0.39 is 5.60 Å². The van der Waals surface area contributed by atoms with Crippen molar-refractivity contribution in [2.24, 2.45) is 0 Å². The van der Waals surface area contributed by atoms with Crippen LogP contribution in [-0.4, -0.2) is 44.9 Å². The Labute approximate surface area is 137 Å². The molecule has 124 valence electrons. The first kappa shape index (κ1) is 15.0. The molecule has 3 heterocycles. The molecule has 3 aromatic rings. The summed E-state index contributed by atoms with van der Waals surface area (Å²) in [7, 11) is 1.60. The van der Waals surface area contributed by atoms with Crippen LogP contribution in [0.2, 0.25) is 0 Å². The van der Waals surface area contributed by atoms with Crippen LogP contribution in [0.5, 0.6) is 0 Å². The standard InChI is InChI=1S/C16H16FN5O2/c1-24-7-13-6-14(22-15(20-13)18-10-19-22)21-8-16(23,9-21)11-2-4-12(17)5-3-11/h2-6,10,23H,7-9H2,1H3. The van der Waals surface area contributed by atoms with Gasteiger partial charge in [-0.05, 0) is 17.7 Å². The molecule has 1 aromatic carbocycles. The minimum atomic E-state index is -1.01. The first-order valence-corrected chi connectivity index (χ1v) is 7.51. The molecule has 0 amide bonds. The van der Waals surface area contributed by atoms with Gasteiger partial charge in [0.05, 0.1) is 25.4 Å². The summed E-state index contributed by atoms with van der Waals surface area (Å²) in [6.45, 7) is 1.13. The second kappa shape index (κ2) is 5.50. The SMILES string of the molecule is COCc1cc(N2CC(O)(c3ccc(F)cc3)C2)n2ncnc2n1. The van der Waals surface area contributed by atoms with E-state index in [2.05, 4.69) is 15.1 Å². The van der Waals surface area contributed by atoms with E-state index in [-0.39, 0.29) is 5.82 Å². The van der Waals surface area contributed by atoms with Crippen molar-refractivity contribution < 1.29 is 14.2 Å². The summed E-state index contributed by atoms with van der Waals surface area (Å²) in [5.41, 5.74) is 0.428. The first-order chi connectivity index (χ1) is 11.6. The number of β-amino-alcohol motifs (C(OH)–C–C–N with tert-alkyl or cyclic N) is 1. The van der Waals surface area contributed by atoms with Crippen molar-refractivity contribution in [1.82, 2.24) is 19.6 Å². The summed E-state index contributed by atoms with van der Waals surface area (Å²) in [5.74, 6) is 0.953. The molecule has 1 N–H and O–H groups in total. The molecule has 24 heavy (non-hydrogen) atoms. The number of halogens is 1. The molecule has 1 aliphatic heterocycles. The number of hydrogen-bond donors (Lipinski definition) is 1. The zero-order valence-corrected chi connectivity index (χ0v) is 13.1. The monoisotopic (exact) mass is 329 g/mol. The molecule has 4 rings (SSSR count). The third-order valence-electron chi connectivity index (χ3n) is 4.19. The number of methoxy groups -OCH3 is 1. The number of fused-ring (bicyclic) bond motifs is 1. The van der Waals surface area contributed by atoms with Crippen LogP contribution in [0, 0.1) is 5.82 Å². The highest BCUT2D eigenvalue weighted by Gasteiger charge is 2.43. The van der Waals surface area contributed by atoms with E-state index in [4.69, 9.17) is 4.74 Å². The fraction of sp³-hybridized carbons (Fsp3) is 0.312. The number of nitrogens with zero attached hydrogens (tertiary/aromatic N) is 5. The molecule has 0 saturated carbocycles. The van der Waals surface area contributed by atoms with Gasteiger partial charge in [-0.1, -0.05) is 12.1 Å². The van der Waals surface area contributed by atoms with Crippen LogP contribution >= 0.6 is 0 Å². The van der Waals surface area contributed by atoms with E-state index in [1.807, 2.05) is 11.0 Å². The quantitative estimate of drug-likeness (QED) is 0.773. The molecule has 0 aliphatic carbocycles. The molecule has 1 aliphatic rings. The summed E-state index contributed by atoms with van der Waals surface area (Å²) in [6, 6.07) is 7.81. The topological polar surface area (TPSA) is 75.8 Å². The third kappa shape index (κ3) is 2.40. The normalized spacial score (nSPS) is 16.4. The summed E-state index contributed by atoms with van der Waals surface area (Å²) in [4.78, 5) is 10.5. The van der Waals surface area contributed by atoms with Gasteiger partial charge in [0.15, 0.2) is 0 Å². The predicted octanol–water partition coefficient (Wildman–Crippen LogP) is 1.12. The molecular weight excluding hydrogens is 313 g/mol. The molecule has 2 aromatic heterocycles. The Bertz CT molecular complexity index is 874. The number of aliphatic hydroxyl groups is 1. The second-order valence-electron chi connectivity index (χ2n) is 5.91. The molecule has 0 atom stereocenters. The molecule has 0 radical (unpaired) electrons. The summed E-state index contributed by atoms with van der Waals surface area (Å²) >= 11 is 0. The lowest BCUT2D eigenvalue weighted by molar-refractivity contribution is 0.00674. The maximum Gasteiger partial charge on any atom is 0.254 e. The Hall–Kier alpha value is -2.58. The zero-order chi connectivity index (χ0) is 16.7. The van der Waals surface area contributed by atoms with E-state index >= 15 is 0 Å². The number of ether oxygens (including phenoxy) is 1. The van der Waals surface area contributed by atoms with Crippen molar-refractivity contribution in [2.75, 3.05) is 25.1 Å². The summed E-state index contributed by atoms with van der Waals surface area (Å²) in [6.07, 6.45) is 1.44. The van der Waals surface area contributed by atoms with Crippen molar-refractivity contribution in [3.63, 3.8) is 0 Å². The maximum absolute atomic E-state index is 13.1. The van der Waals surface area contributed by atoms with Gasteiger partial charge in [0, 0.05) is 13.2 Å². The van der Waals surface area contributed by atoms with E-state index in [9.17, 15) is 9.50 Å². The van der Waals surface area contributed by atoms with Crippen LogP contribution in [0.25, 0.3) is 5.78 Å². The van der Waals surface area contributed by atoms with Crippen molar-refractivity contribution in [3.05, 3.63) is 53.7 Å². The predicted molar refractivity (Wildman–Crippen MR) is 84.0 cm³/mol. The number of anilines is 1. The smallest absolute Gasteiger partial charge is 0.254 e. The Morgan fingerprint density at radius 3 is 2.75 bits per heavy atom. The number of hydrogen-bond acceptors (Lipinski definition) is 6. The molecular formula is C16H16FN5O2. The Balaban J connectivity index is 1.63. The van der Waals surface area contributed by atoms with Gasteiger partial charge < -0.3 is 14.7 Å². The average molecular weight is 329 g/mol. The summed E-state index contributed by atoms with van der Waals surface area (Å²) < 4.78 is 19.8. The van der Waals surface area contributed by atoms with Crippen molar-refractivity contribution in [3.8, 4) is 0 Å². The molecule has 0 bridgehead atoms. The van der Waals surface area contributed by atoms with Gasteiger partial charge in [-0.3, -0.25) is 0 Å². The van der Waals surface area contributed by atoms with Crippen LogP contribution in [0.1, 0.15) is 11.3 Å². The highest BCUT2D eigenvalue weighted by atomic mass is 19.1.